The summed E-state index contributed by atoms with van der Waals surface area (Å²) in [5.41, 5.74) is 6.21. The van der Waals surface area contributed by atoms with Gasteiger partial charge in [-0.05, 0) is 12.0 Å². The van der Waals surface area contributed by atoms with E-state index in [1.54, 1.807) is 12.3 Å². The van der Waals surface area contributed by atoms with Crippen LogP contribution in [0.15, 0.2) is 23.4 Å². The van der Waals surface area contributed by atoms with E-state index in [1.165, 1.54) is 18.0 Å². The van der Waals surface area contributed by atoms with Gasteiger partial charge < -0.3 is 11.1 Å². The van der Waals surface area contributed by atoms with Gasteiger partial charge in [0.1, 0.15) is 0 Å². The maximum Gasteiger partial charge on any atom is 0.321 e. The van der Waals surface area contributed by atoms with Crippen molar-refractivity contribution in [3.63, 3.8) is 0 Å². The van der Waals surface area contributed by atoms with Gasteiger partial charge in [0.25, 0.3) is 0 Å². The smallest absolute Gasteiger partial charge is 0.321 e. The molecule has 0 radical (unpaired) electrons. The van der Waals surface area contributed by atoms with Crippen LogP contribution in [0.25, 0.3) is 0 Å². The summed E-state index contributed by atoms with van der Waals surface area (Å²) in [5, 5.41) is 4.87. The highest BCUT2D eigenvalue weighted by Crippen LogP contribution is 2.22. The van der Waals surface area contributed by atoms with E-state index in [9.17, 15) is 9.59 Å². The number of hydrogen-bond donors (Lipinski definition) is 3. The van der Waals surface area contributed by atoms with Gasteiger partial charge in [-0.2, -0.15) is 0 Å². The summed E-state index contributed by atoms with van der Waals surface area (Å²) in [4.78, 5) is 27.5. The molecule has 0 aromatic carbocycles. The number of anilines is 1. The summed E-state index contributed by atoms with van der Waals surface area (Å²) in [6.07, 6.45) is 3.13. The van der Waals surface area contributed by atoms with Crippen molar-refractivity contribution in [3.8, 4) is 0 Å². The number of nitrogens with two attached hydrogens (primary N) is 1. The van der Waals surface area contributed by atoms with Crippen LogP contribution in [0.5, 0.6) is 0 Å². The first-order valence-electron chi connectivity index (χ1n) is 5.89. The van der Waals surface area contributed by atoms with E-state index in [4.69, 9.17) is 5.73 Å². The first-order valence-corrected chi connectivity index (χ1v) is 6.87. The summed E-state index contributed by atoms with van der Waals surface area (Å²) in [7, 11) is 0. The topological polar surface area (TPSA) is 97.1 Å². The molecule has 1 aromatic rings. The number of nitrogen functional groups attached to an aromatic ring is 1. The monoisotopic (exact) mass is 282 g/mol. The van der Waals surface area contributed by atoms with Crippen LogP contribution in [0.4, 0.5) is 10.5 Å². The van der Waals surface area contributed by atoms with Crippen LogP contribution in [0.2, 0.25) is 0 Å². The third kappa shape index (κ3) is 6.10. The number of nitrogens with zero attached hydrogens (tertiary/aromatic N) is 1. The first-order chi connectivity index (χ1) is 8.99. The molecule has 3 amide bonds. The molecule has 0 aliphatic heterocycles. The minimum absolute atomic E-state index is 0.128. The Morgan fingerprint density at radius 1 is 1.47 bits per heavy atom. The Hall–Kier alpha value is -1.76. The molecular weight excluding hydrogens is 264 g/mol. The zero-order chi connectivity index (χ0) is 14.3. The van der Waals surface area contributed by atoms with Gasteiger partial charge in [0, 0.05) is 17.6 Å². The van der Waals surface area contributed by atoms with Crippen molar-refractivity contribution < 1.29 is 9.59 Å². The number of rotatable bonds is 5. The molecule has 4 N–H and O–H groups in total. The number of thioether (sulfide) groups is 1. The molecule has 0 fully saturated rings. The molecule has 19 heavy (non-hydrogen) atoms. The van der Waals surface area contributed by atoms with Gasteiger partial charge in [-0.1, -0.05) is 13.8 Å². The van der Waals surface area contributed by atoms with E-state index in [2.05, 4.69) is 15.6 Å². The van der Waals surface area contributed by atoms with Crippen LogP contribution >= 0.6 is 11.8 Å². The highest BCUT2D eigenvalue weighted by molar-refractivity contribution is 8.00. The zero-order valence-electron chi connectivity index (χ0n) is 11.0. The average molecular weight is 282 g/mol. The molecular formula is C12H18N4O2S. The van der Waals surface area contributed by atoms with Crippen molar-refractivity contribution in [1.82, 2.24) is 15.6 Å². The summed E-state index contributed by atoms with van der Waals surface area (Å²) >= 11 is 1.26. The molecule has 6 nitrogen and oxygen atoms in total. The fraction of sp³-hybridized carbons (Fsp3) is 0.417. The lowest BCUT2D eigenvalue weighted by molar-refractivity contribution is -0.117. The number of carbonyl (C=O) groups excluding carboxylic acids is 2. The second-order valence-electron chi connectivity index (χ2n) is 4.35. The minimum atomic E-state index is -0.470. The van der Waals surface area contributed by atoms with E-state index in [1.807, 2.05) is 13.8 Å². The van der Waals surface area contributed by atoms with Crippen molar-refractivity contribution >= 4 is 29.4 Å². The Morgan fingerprint density at radius 3 is 2.84 bits per heavy atom. The fourth-order valence-corrected chi connectivity index (χ4v) is 1.91. The van der Waals surface area contributed by atoms with Crippen molar-refractivity contribution in [2.24, 2.45) is 5.92 Å². The van der Waals surface area contributed by atoms with Crippen LogP contribution in [-0.4, -0.2) is 29.2 Å². The second-order valence-corrected chi connectivity index (χ2v) is 5.37. The molecule has 0 saturated carbocycles. The van der Waals surface area contributed by atoms with E-state index in [0.29, 0.717) is 18.2 Å². The summed E-state index contributed by atoms with van der Waals surface area (Å²) in [5.74, 6) is 0.109. The Balaban J connectivity index is 2.32. The maximum atomic E-state index is 11.5. The molecule has 1 rings (SSSR count). The lowest BCUT2D eigenvalue weighted by atomic mass is 10.2. The van der Waals surface area contributed by atoms with Crippen LogP contribution < -0.4 is 16.4 Å². The van der Waals surface area contributed by atoms with Crippen molar-refractivity contribution in [2.75, 3.05) is 18.0 Å². The van der Waals surface area contributed by atoms with Crippen molar-refractivity contribution in [2.45, 2.75) is 18.7 Å². The molecule has 0 aliphatic carbocycles. The summed E-state index contributed by atoms with van der Waals surface area (Å²) in [6.45, 7) is 4.48. The van der Waals surface area contributed by atoms with E-state index < -0.39 is 6.03 Å². The van der Waals surface area contributed by atoms with Gasteiger partial charge in [-0.15, -0.1) is 11.8 Å². The van der Waals surface area contributed by atoms with E-state index in [0.717, 1.165) is 4.90 Å². The number of amides is 3. The number of hydrogen-bond acceptors (Lipinski definition) is 5. The minimum Gasteiger partial charge on any atom is -0.397 e. The molecule has 1 aromatic heterocycles. The third-order valence-electron chi connectivity index (χ3n) is 2.09. The Labute approximate surface area is 116 Å². The number of carbonyl (C=O) groups is 2. The highest BCUT2D eigenvalue weighted by atomic mass is 32.2. The summed E-state index contributed by atoms with van der Waals surface area (Å²) in [6, 6.07) is 1.26. The molecule has 1 heterocycles. The molecule has 0 unspecified atom stereocenters. The molecule has 0 bridgehead atoms. The lowest BCUT2D eigenvalue weighted by Crippen LogP contribution is -2.41. The average Bonchev–Trinajstić information content (AvgIpc) is 2.35. The van der Waals surface area contributed by atoms with Crippen LogP contribution in [0, 0.1) is 5.92 Å². The van der Waals surface area contributed by atoms with Gasteiger partial charge in [0.2, 0.25) is 5.91 Å². The van der Waals surface area contributed by atoms with Gasteiger partial charge in [-0.25, -0.2) is 4.79 Å². The molecule has 0 atom stereocenters. The quantitative estimate of drug-likeness (QED) is 0.706. The van der Waals surface area contributed by atoms with Crippen molar-refractivity contribution in [3.05, 3.63) is 18.5 Å². The molecule has 104 valence electrons. The Kier molecular flexibility index (Phi) is 6.14. The number of imide groups is 1. The van der Waals surface area contributed by atoms with Crippen molar-refractivity contribution in [1.29, 1.82) is 0 Å². The normalized spacial score (nSPS) is 10.3. The third-order valence-corrected chi connectivity index (χ3v) is 3.18. The Morgan fingerprint density at radius 2 is 2.21 bits per heavy atom. The lowest BCUT2D eigenvalue weighted by Gasteiger charge is -2.08. The number of pyridine rings is 1. The highest BCUT2D eigenvalue weighted by Gasteiger charge is 2.09. The predicted molar refractivity (Wildman–Crippen MR) is 75.8 cm³/mol. The number of urea groups is 1. The maximum absolute atomic E-state index is 11.5. The first kappa shape index (κ1) is 15.3. The molecule has 0 saturated heterocycles. The largest absolute Gasteiger partial charge is 0.397 e. The molecule has 7 heteroatoms. The van der Waals surface area contributed by atoms with Crippen LogP contribution in [0.3, 0.4) is 0 Å². The van der Waals surface area contributed by atoms with Gasteiger partial charge in [0.05, 0.1) is 17.6 Å². The number of nitrogens with one attached hydrogen (secondary N) is 2. The second kappa shape index (κ2) is 7.63. The van der Waals surface area contributed by atoms with Crippen LogP contribution in [-0.2, 0) is 4.79 Å². The summed E-state index contributed by atoms with van der Waals surface area (Å²) < 4.78 is 0. The molecule has 0 aliphatic rings. The predicted octanol–water partition coefficient (Wildman–Crippen LogP) is 1.24. The molecule has 0 spiro atoms. The fourth-order valence-electron chi connectivity index (χ4n) is 1.17. The van der Waals surface area contributed by atoms with Gasteiger partial charge in [-0.3, -0.25) is 15.1 Å². The van der Waals surface area contributed by atoms with Gasteiger partial charge in [0.15, 0.2) is 0 Å². The number of aromatic nitrogens is 1. The van der Waals surface area contributed by atoms with E-state index in [-0.39, 0.29) is 11.7 Å². The SMILES string of the molecule is CC(C)CNC(=O)NC(=O)CSc1ccncc1N. The zero-order valence-corrected chi connectivity index (χ0v) is 11.8. The van der Waals surface area contributed by atoms with Gasteiger partial charge >= 0.3 is 6.03 Å². The van der Waals surface area contributed by atoms with Crippen LogP contribution in [0.1, 0.15) is 13.8 Å². The van der Waals surface area contributed by atoms with E-state index >= 15 is 0 Å². The Bertz CT molecular complexity index is 451. The standard InChI is InChI=1S/C12H18N4O2S/c1-8(2)5-15-12(18)16-11(17)7-19-10-3-4-14-6-9(10)13/h3-4,6,8H,5,7,13H2,1-2H3,(H2,15,16,17,18).